The van der Waals surface area contributed by atoms with Crippen molar-refractivity contribution in [2.75, 3.05) is 0 Å². The number of hydrazine groups is 1. The van der Waals surface area contributed by atoms with Crippen molar-refractivity contribution in [3.8, 4) is 0 Å². The van der Waals surface area contributed by atoms with Gasteiger partial charge in [-0.3, -0.25) is 15.0 Å². The van der Waals surface area contributed by atoms with Crippen molar-refractivity contribution in [1.29, 1.82) is 0 Å². The molecule has 0 aliphatic heterocycles. The highest BCUT2D eigenvalue weighted by Crippen LogP contribution is 2.32. The molecule has 2 N–H and O–H groups in total. The minimum absolute atomic E-state index is 0.0175. The van der Waals surface area contributed by atoms with Gasteiger partial charge in [0.15, 0.2) is 5.78 Å². The summed E-state index contributed by atoms with van der Waals surface area (Å²) in [4.78, 5) is 23.4. The standard InChI is InChI=1S/C15H17FN2O2/c1-15(2)8-10(7-11(19)9-15)17-18-14(20)12-5-3-4-6-13(12)16/h3-7,17H,8-9H2,1-2H3,(H,18,20). The molecule has 4 nitrogen and oxygen atoms in total. The Morgan fingerprint density at radius 3 is 2.60 bits per heavy atom. The van der Waals surface area contributed by atoms with Crippen LogP contribution in [0.25, 0.3) is 0 Å². The molecule has 0 aromatic heterocycles. The Morgan fingerprint density at radius 2 is 1.95 bits per heavy atom. The lowest BCUT2D eigenvalue weighted by Gasteiger charge is -2.29. The molecular formula is C15H17FN2O2. The van der Waals surface area contributed by atoms with Crippen molar-refractivity contribution in [2.24, 2.45) is 5.41 Å². The predicted molar refractivity (Wildman–Crippen MR) is 73.1 cm³/mol. The molecule has 0 atom stereocenters. The Bertz CT molecular complexity index is 579. The van der Waals surface area contributed by atoms with Gasteiger partial charge in [0.1, 0.15) is 5.82 Å². The molecule has 0 saturated heterocycles. The van der Waals surface area contributed by atoms with E-state index in [0.717, 1.165) is 0 Å². The zero-order chi connectivity index (χ0) is 14.8. The van der Waals surface area contributed by atoms with Crippen molar-refractivity contribution < 1.29 is 14.0 Å². The average Bonchev–Trinajstić information content (AvgIpc) is 2.34. The van der Waals surface area contributed by atoms with Gasteiger partial charge >= 0.3 is 0 Å². The normalized spacial score (nSPS) is 17.4. The van der Waals surface area contributed by atoms with Gasteiger partial charge in [-0.15, -0.1) is 0 Å². The number of carbonyl (C=O) groups is 2. The third-order valence-corrected chi connectivity index (χ3v) is 3.11. The third-order valence-electron chi connectivity index (χ3n) is 3.11. The number of hydrogen-bond donors (Lipinski definition) is 2. The van der Waals surface area contributed by atoms with E-state index in [1.165, 1.54) is 24.3 Å². The van der Waals surface area contributed by atoms with Crippen molar-refractivity contribution >= 4 is 11.7 Å². The lowest BCUT2D eigenvalue weighted by atomic mass is 9.79. The summed E-state index contributed by atoms with van der Waals surface area (Å²) in [7, 11) is 0. The summed E-state index contributed by atoms with van der Waals surface area (Å²) in [5.74, 6) is -1.13. The second kappa shape index (κ2) is 5.45. The minimum Gasteiger partial charge on any atom is -0.302 e. The number of halogens is 1. The van der Waals surface area contributed by atoms with Gasteiger partial charge in [-0.2, -0.15) is 0 Å². The molecule has 1 amide bonds. The summed E-state index contributed by atoms with van der Waals surface area (Å²) in [6, 6.07) is 5.73. The number of allylic oxidation sites excluding steroid dienone is 2. The number of ketones is 1. The zero-order valence-corrected chi connectivity index (χ0v) is 11.5. The molecule has 0 spiro atoms. The zero-order valence-electron chi connectivity index (χ0n) is 11.5. The summed E-state index contributed by atoms with van der Waals surface area (Å²) in [6.45, 7) is 3.97. The van der Waals surface area contributed by atoms with Crippen LogP contribution in [0.3, 0.4) is 0 Å². The fourth-order valence-electron chi connectivity index (χ4n) is 2.28. The van der Waals surface area contributed by atoms with Crippen LogP contribution in [0.5, 0.6) is 0 Å². The fourth-order valence-corrected chi connectivity index (χ4v) is 2.28. The molecule has 0 fully saturated rings. The van der Waals surface area contributed by atoms with Crippen LogP contribution in [-0.2, 0) is 4.79 Å². The maximum Gasteiger partial charge on any atom is 0.272 e. The van der Waals surface area contributed by atoms with Crippen LogP contribution in [0.15, 0.2) is 36.0 Å². The van der Waals surface area contributed by atoms with E-state index in [1.807, 2.05) is 13.8 Å². The van der Waals surface area contributed by atoms with Crippen LogP contribution in [0.4, 0.5) is 4.39 Å². The van der Waals surface area contributed by atoms with Gasteiger partial charge in [0.25, 0.3) is 5.91 Å². The first-order valence-electron chi connectivity index (χ1n) is 6.42. The van der Waals surface area contributed by atoms with E-state index in [-0.39, 0.29) is 16.8 Å². The highest BCUT2D eigenvalue weighted by atomic mass is 19.1. The first kappa shape index (κ1) is 14.2. The minimum atomic E-state index is -0.583. The summed E-state index contributed by atoms with van der Waals surface area (Å²) >= 11 is 0. The fraction of sp³-hybridized carbons (Fsp3) is 0.333. The van der Waals surface area contributed by atoms with Crippen LogP contribution >= 0.6 is 0 Å². The van der Waals surface area contributed by atoms with Crippen molar-refractivity contribution in [1.82, 2.24) is 10.9 Å². The Balaban J connectivity index is 2.01. The molecule has 0 radical (unpaired) electrons. The predicted octanol–water partition coefficient (Wildman–Crippen LogP) is 2.33. The van der Waals surface area contributed by atoms with Crippen LogP contribution < -0.4 is 10.9 Å². The van der Waals surface area contributed by atoms with E-state index in [4.69, 9.17) is 0 Å². The number of nitrogens with one attached hydrogen (secondary N) is 2. The average molecular weight is 276 g/mol. The van der Waals surface area contributed by atoms with Crippen LogP contribution in [0.2, 0.25) is 0 Å². The summed E-state index contributed by atoms with van der Waals surface area (Å²) in [5.41, 5.74) is 5.58. The molecule has 5 heteroatoms. The number of rotatable bonds is 3. The van der Waals surface area contributed by atoms with E-state index in [9.17, 15) is 14.0 Å². The molecule has 0 bridgehead atoms. The van der Waals surface area contributed by atoms with E-state index in [2.05, 4.69) is 10.9 Å². The quantitative estimate of drug-likeness (QED) is 0.833. The maximum absolute atomic E-state index is 13.4. The van der Waals surface area contributed by atoms with Gasteiger partial charge < -0.3 is 5.43 Å². The monoisotopic (exact) mass is 276 g/mol. The summed E-state index contributed by atoms with van der Waals surface area (Å²) in [5, 5.41) is 0. The lowest BCUT2D eigenvalue weighted by molar-refractivity contribution is -0.117. The molecule has 106 valence electrons. The molecule has 1 aromatic carbocycles. The van der Waals surface area contributed by atoms with Gasteiger partial charge in [0.2, 0.25) is 0 Å². The van der Waals surface area contributed by atoms with Gasteiger partial charge in [0, 0.05) is 18.2 Å². The number of benzene rings is 1. The summed E-state index contributed by atoms with van der Waals surface area (Å²) < 4.78 is 13.4. The smallest absolute Gasteiger partial charge is 0.272 e. The Hall–Kier alpha value is -2.17. The first-order chi connectivity index (χ1) is 9.37. The largest absolute Gasteiger partial charge is 0.302 e. The Kier molecular flexibility index (Phi) is 3.88. The molecule has 0 heterocycles. The molecule has 1 aliphatic rings. The highest BCUT2D eigenvalue weighted by molar-refractivity contribution is 5.94. The van der Waals surface area contributed by atoms with Gasteiger partial charge in [-0.05, 0) is 24.0 Å². The highest BCUT2D eigenvalue weighted by Gasteiger charge is 2.27. The van der Waals surface area contributed by atoms with Crippen molar-refractivity contribution in [3.05, 3.63) is 47.4 Å². The van der Waals surface area contributed by atoms with E-state index in [1.54, 1.807) is 6.07 Å². The van der Waals surface area contributed by atoms with E-state index in [0.29, 0.717) is 18.5 Å². The van der Waals surface area contributed by atoms with Crippen molar-refractivity contribution in [2.45, 2.75) is 26.7 Å². The Labute approximate surface area is 117 Å². The van der Waals surface area contributed by atoms with E-state index >= 15 is 0 Å². The lowest BCUT2D eigenvalue weighted by Crippen LogP contribution is -2.40. The molecule has 2 rings (SSSR count). The van der Waals surface area contributed by atoms with Gasteiger partial charge in [-0.1, -0.05) is 26.0 Å². The van der Waals surface area contributed by atoms with Crippen LogP contribution in [0, 0.1) is 11.2 Å². The van der Waals surface area contributed by atoms with Gasteiger partial charge in [0.05, 0.1) is 5.56 Å². The molecule has 1 aliphatic carbocycles. The molecule has 0 saturated carbocycles. The van der Waals surface area contributed by atoms with Crippen molar-refractivity contribution in [3.63, 3.8) is 0 Å². The molecule has 1 aromatic rings. The van der Waals surface area contributed by atoms with Crippen LogP contribution in [-0.4, -0.2) is 11.7 Å². The molecular weight excluding hydrogens is 259 g/mol. The first-order valence-corrected chi connectivity index (χ1v) is 6.42. The molecule has 20 heavy (non-hydrogen) atoms. The van der Waals surface area contributed by atoms with E-state index < -0.39 is 11.7 Å². The SMILES string of the molecule is CC1(C)CC(=O)C=C(NNC(=O)c2ccccc2F)C1. The van der Waals surface area contributed by atoms with Gasteiger partial charge in [-0.25, -0.2) is 4.39 Å². The summed E-state index contributed by atoms with van der Waals surface area (Å²) in [6.07, 6.45) is 2.61. The second-order valence-corrected chi connectivity index (χ2v) is 5.71. The second-order valence-electron chi connectivity index (χ2n) is 5.71. The third kappa shape index (κ3) is 3.44. The molecule has 0 unspecified atom stereocenters. The number of carbonyl (C=O) groups excluding carboxylic acids is 2. The topological polar surface area (TPSA) is 58.2 Å². The maximum atomic E-state index is 13.4. The Morgan fingerprint density at radius 1 is 1.25 bits per heavy atom. The number of amides is 1. The number of hydrogen-bond acceptors (Lipinski definition) is 3. The van der Waals surface area contributed by atoms with Crippen LogP contribution in [0.1, 0.15) is 37.0 Å².